The fourth-order valence-corrected chi connectivity index (χ4v) is 2.06. The van der Waals surface area contributed by atoms with E-state index in [0.29, 0.717) is 12.5 Å². The van der Waals surface area contributed by atoms with E-state index in [-0.39, 0.29) is 23.5 Å². The molecule has 1 aromatic rings. The number of hydrogen-bond donors (Lipinski definition) is 2. The largest absolute Gasteiger partial charge is 0.505 e. The first-order valence-electron chi connectivity index (χ1n) is 5.65. The Morgan fingerprint density at radius 2 is 2.29 bits per heavy atom. The number of aromatic nitrogens is 1. The Hall–Kier alpha value is -1.62. The van der Waals surface area contributed by atoms with E-state index in [2.05, 4.69) is 4.98 Å². The summed E-state index contributed by atoms with van der Waals surface area (Å²) in [5.74, 6) is -0.0349. The minimum Gasteiger partial charge on any atom is -0.505 e. The number of hydrogen-bond acceptors (Lipinski definition) is 4. The summed E-state index contributed by atoms with van der Waals surface area (Å²) < 4.78 is 0. The van der Waals surface area contributed by atoms with Gasteiger partial charge in [-0.2, -0.15) is 0 Å². The monoisotopic (exact) mass is 236 g/mol. The van der Waals surface area contributed by atoms with Gasteiger partial charge in [-0.25, -0.2) is 4.98 Å². The molecule has 5 nitrogen and oxygen atoms in total. The number of aliphatic hydroxyl groups is 1. The van der Waals surface area contributed by atoms with Gasteiger partial charge in [0, 0.05) is 19.8 Å². The third-order valence-electron chi connectivity index (χ3n) is 3.08. The van der Waals surface area contributed by atoms with E-state index in [1.165, 1.54) is 12.3 Å². The van der Waals surface area contributed by atoms with Crippen molar-refractivity contribution in [1.29, 1.82) is 0 Å². The van der Waals surface area contributed by atoms with Crippen molar-refractivity contribution in [2.24, 2.45) is 5.92 Å². The zero-order valence-electron chi connectivity index (χ0n) is 9.71. The second kappa shape index (κ2) is 4.71. The normalized spacial score (nSPS) is 22.9. The maximum atomic E-state index is 12.0. The van der Waals surface area contributed by atoms with Crippen molar-refractivity contribution in [2.45, 2.75) is 18.9 Å². The van der Waals surface area contributed by atoms with Gasteiger partial charge in [0.25, 0.3) is 5.91 Å². The lowest BCUT2D eigenvalue weighted by Crippen LogP contribution is -2.39. The first-order chi connectivity index (χ1) is 8.08. The Balaban J connectivity index is 1.97. The summed E-state index contributed by atoms with van der Waals surface area (Å²) in [6.07, 6.45) is 2.75. The number of pyridine rings is 1. The molecule has 1 aromatic heterocycles. The Morgan fingerprint density at radius 3 is 2.88 bits per heavy atom. The molecule has 17 heavy (non-hydrogen) atoms. The molecule has 2 rings (SSSR count). The van der Waals surface area contributed by atoms with E-state index in [0.717, 1.165) is 12.8 Å². The highest BCUT2D eigenvalue weighted by atomic mass is 16.3. The summed E-state index contributed by atoms with van der Waals surface area (Å²) in [6, 6.07) is 3.02. The number of carbonyl (C=O) groups is 1. The zero-order chi connectivity index (χ0) is 12.4. The van der Waals surface area contributed by atoms with Crippen LogP contribution < -0.4 is 0 Å². The highest BCUT2D eigenvalue weighted by Gasteiger charge is 2.29. The van der Waals surface area contributed by atoms with Crippen LogP contribution in [0.3, 0.4) is 0 Å². The number of rotatable bonds is 3. The molecule has 0 unspecified atom stereocenters. The fraction of sp³-hybridized carbons (Fsp3) is 0.500. The van der Waals surface area contributed by atoms with Crippen molar-refractivity contribution in [1.82, 2.24) is 9.88 Å². The number of amides is 1. The van der Waals surface area contributed by atoms with Crippen molar-refractivity contribution in [2.75, 3.05) is 13.6 Å². The number of aromatic hydroxyl groups is 1. The van der Waals surface area contributed by atoms with E-state index in [9.17, 15) is 15.0 Å². The van der Waals surface area contributed by atoms with Crippen LogP contribution in [-0.4, -0.2) is 45.7 Å². The average molecular weight is 236 g/mol. The smallest absolute Gasteiger partial charge is 0.276 e. The van der Waals surface area contributed by atoms with Crippen molar-refractivity contribution in [3.63, 3.8) is 0 Å². The molecule has 1 saturated carbocycles. The first kappa shape index (κ1) is 11.9. The molecule has 0 spiro atoms. The van der Waals surface area contributed by atoms with Gasteiger partial charge in [0.1, 0.15) is 5.75 Å². The van der Waals surface area contributed by atoms with Gasteiger partial charge in [-0.3, -0.25) is 4.79 Å². The standard InChI is InChI=1S/C12H16N2O3/c1-14(7-8-5-9(15)6-8)12(17)11-10(16)3-2-4-13-11/h2-4,8-9,15-16H,5-7H2,1H3. The maximum Gasteiger partial charge on any atom is 0.276 e. The summed E-state index contributed by atoms with van der Waals surface area (Å²) in [4.78, 5) is 17.4. The third-order valence-corrected chi connectivity index (χ3v) is 3.08. The molecular formula is C12H16N2O3. The lowest BCUT2D eigenvalue weighted by Gasteiger charge is -2.34. The van der Waals surface area contributed by atoms with Crippen LogP contribution in [-0.2, 0) is 0 Å². The molecule has 1 aliphatic carbocycles. The molecule has 0 aromatic carbocycles. The molecule has 5 heteroatoms. The topological polar surface area (TPSA) is 73.7 Å². The van der Waals surface area contributed by atoms with Crippen LogP contribution in [0.15, 0.2) is 18.3 Å². The second-order valence-electron chi connectivity index (χ2n) is 4.55. The van der Waals surface area contributed by atoms with Crippen LogP contribution in [0.2, 0.25) is 0 Å². The maximum absolute atomic E-state index is 12.0. The highest BCUT2D eigenvalue weighted by molar-refractivity contribution is 5.94. The minimum atomic E-state index is -0.288. The van der Waals surface area contributed by atoms with E-state index >= 15 is 0 Å². The van der Waals surface area contributed by atoms with E-state index < -0.39 is 0 Å². The summed E-state index contributed by atoms with van der Waals surface area (Å²) in [6.45, 7) is 0.589. The molecule has 0 saturated heterocycles. The zero-order valence-corrected chi connectivity index (χ0v) is 9.71. The van der Waals surface area contributed by atoms with Gasteiger partial charge in [-0.1, -0.05) is 0 Å². The molecule has 0 radical (unpaired) electrons. The molecule has 1 amide bonds. The molecule has 1 heterocycles. The quantitative estimate of drug-likeness (QED) is 0.807. The highest BCUT2D eigenvalue weighted by Crippen LogP contribution is 2.28. The predicted molar refractivity (Wildman–Crippen MR) is 61.6 cm³/mol. The lowest BCUT2D eigenvalue weighted by molar-refractivity contribution is 0.0263. The predicted octanol–water partition coefficient (Wildman–Crippen LogP) is 0.630. The molecule has 0 atom stereocenters. The third kappa shape index (κ3) is 2.55. The Morgan fingerprint density at radius 1 is 1.59 bits per heavy atom. The molecule has 0 bridgehead atoms. The average Bonchev–Trinajstić information content (AvgIpc) is 2.26. The molecular weight excluding hydrogens is 220 g/mol. The van der Waals surface area contributed by atoms with Crippen molar-refractivity contribution in [3.05, 3.63) is 24.0 Å². The summed E-state index contributed by atoms with van der Waals surface area (Å²) in [7, 11) is 1.68. The summed E-state index contributed by atoms with van der Waals surface area (Å²) in [5, 5.41) is 18.7. The van der Waals surface area contributed by atoms with Crippen LogP contribution in [0.4, 0.5) is 0 Å². The number of nitrogens with zero attached hydrogens (tertiary/aromatic N) is 2. The molecule has 1 aliphatic rings. The molecule has 1 fully saturated rings. The van der Waals surface area contributed by atoms with E-state index in [1.807, 2.05) is 0 Å². The van der Waals surface area contributed by atoms with Gasteiger partial charge in [-0.05, 0) is 30.9 Å². The van der Waals surface area contributed by atoms with Gasteiger partial charge in [-0.15, -0.1) is 0 Å². The van der Waals surface area contributed by atoms with Crippen LogP contribution in [0.25, 0.3) is 0 Å². The van der Waals surface area contributed by atoms with Crippen LogP contribution >= 0.6 is 0 Å². The van der Waals surface area contributed by atoms with Crippen molar-refractivity contribution >= 4 is 5.91 Å². The first-order valence-corrected chi connectivity index (χ1v) is 5.65. The molecule has 0 aliphatic heterocycles. The van der Waals surface area contributed by atoms with Crippen LogP contribution in [0.5, 0.6) is 5.75 Å². The summed E-state index contributed by atoms with van der Waals surface area (Å²) >= 11 is 0. The van der Waals surface area contributed by atoms with E-state index in [1.54, 1.807) is 18.0 Å². The van der Waals surface area contributed by atoms with E-state index in [4.69, 9.17) is 0 Å². The Labute approximate surface area is 99.7 Å². The SMILES string of the molecule is CN(CC1CC(O)C1)C(=O)c1ncccc1O. The second-order valence-corrected chi connectivity index (χ2v) is 4.55. The fourth-order valence-electron chi connectivity index (χ4n) is 2.06. The van der Waals surface area contributed by atoms with Crippen LogP contribution in [0, 0.1) is 5.92 Å². The lowest BCUT2D eigenvalue weighted by atomic mass is 9.82. The van der Waals surface area contributed by atoms with Gasteiger partial charge in [0.05, 0.1) is 6.10 Å². The van der Waals surface area contributed by atoms with Gasteiger partial charge in [0.15, 0.2) is 5.69 Å². The van der Waals surface area contributed by atoms with Gasteiger partial charge >= 0.3 is 0 Å². The number of carbonyl (C=O) groups excluding carboxylic acids is 1. The minimum absolute atomic E-state index is 0.0786. The Bertz CT molecular complexity index is 416. The van der Waals surface area contributed by atoms with Gasteiger partial charge < -0.3 is 15.1 Å². The van der Waals surface area contributed by atoms with Crippen LogP contribution in [0.1, 0.15) is 23.3 Å². The number of aliphatic hydroxyl groups excluding tert-OH is 1. The Kier molecular flexibility index (Phi) is 3.28. The summed E-state index contributed by atoms with van der Waals surface area (Å²) in [5.41, 5.74) is 0.0786. The van der Waals surface area contributed by atoms with Gasteiger partial charge in [0.2, 0.25) is 0 Å². The molecule has 2 N–H and O–H groups in total. The molecule has 92 valence electrons. The van der Waals surface area contributed by atoms with Crippen molar-refractivity contribution in [3.8, 4) is 5.75 Å². The van der Waals surface area contributed by atoms with Crippen molar-refractivity contribution < 1.29 is 15.0 Å².